The van der Waals surface area contributed by atoms with Crippen LogP contribution in [0, 0.1) is 0 Å². The molecule has 0 bridgehead atoms. The van der Waals surface area contributed by atoms with E-state index in [1.165, 1.54) is 13.3 Å². The minimum Gasteiger partial charge on any atom is -0.495 e. The number of aromatic amines is 2. The smallest absolute Gasteiger partial charge is 0.495 e. The molecule has 28 heteroatoms. The van der Waals surface area contributed by atoms with Gasteiger partial charge in [-0.1, -0.05) is 7.43 Å². The summed E-state index contributed by atoms with van der Waals surface area (Å²) in [5.41, 5.74) is -1.75. The Hall–Kier alpha value is -7.72. The van der Waals surface area contributed by atoms with E-state index in [1.54, 1.807) is 19.4 Å². The highest BCUT2D eigenvalue weighted by molar-refractivity contribution is 7.88. The number of halogens is 3. The predicted octanol–water partition coefficient (Wildman–Crippen LogP) is 10.5. The van der Waals surface area contributed by atoms with E-state index in [0.29, 0.717) is 40.8 Å². The van der Waals surface area contributed by atoms with Gasteiger partial charge in [0.1, 0.15) is 34.0 Å². The zero-order chi connectivity index (χ0) is 60.5. The molecule has 23 nitrogen and oxygen atoms in total. The number of aryl methyl sites for hydroxylation is 2. The fraction of sp³-hybridized carbons (Fsp3) is 0.500. The normalized spacial score (nSPS) is 14.1. The average Bonchev–Trinajstić information content (AvgIpc) is 4.44. The third kappa shape index (κ3) is 17.4. The number of carbonyl (C=O) groups excluding carboxylic acids is 2. The van der Waals surface area contributed by atoms with Crippen LogP contribution in [0.1, 0.15) is 115 Å². The van der Waals surface area contributed by atoms with Gasteiger partial charge in [0.05, 0.1) is 73.1 Å². The van der Waals surface area contributed by atoms with Crippen LogP contribution in [0.5, 0.6) is 17.4 Å². The number of H-pyrrole nitrogens is 2. The van der Waals surface area contributed by atoms with Gasteiger partial charge in [-0.25, -0.2) is 24.5 Å². The lowest BCUT2D eigenvalue weighted by Gasteiger charge is -2.32. The van der Waals surface area contributed by atoms with Gasteiger partial charge in [0.25, 0.3) is 0 Å². The summed E-state index contributed by atoms with van der Waals surface area (Å²) in [5.74, 6) is 0.454. The predicted molar refractivity (Wildman–Crippen MR) is 314 cm³/mol. The lowest BCUT2D eigenvalue weighted by atomic mass is 9.82. The quantitative estimate of drug-likeness (QED) is 0.0269. The van der Waals surface area contributed by atoms with Gasteiger partial charge in [-0.15, -0.1) is 0 Å². The number of unbranched alkanes of at least 4 members (excludes halogenated alkanes) is 4. The van der Waals surface area contributed by atoms with E-state index >= 15 is 0 Å². The zero-order valence-electron chi connectivity index (χ0n) is 48.7. The maximum atomic E-state index is 12.4. The first kappa shape index (κ1) is 65.4. The second-order valence-electron chi connectivity index (χ2n) is 22.6. The molecular formula is C56H76BF3N12O11S. The molecule has 0 saturated carbocycles. The van der Waals surface area contributed by atoms with Gasteiger partial charge in [0.2, 0.25) is 5.88 Å². The number of fused-ring (bicyclic) bond motifs is 6. The molecule has 1 aliphatic heterocycles. The second-order valence-corrected chi connectivity index (χ2v) is 24.1. The Bertz CT molecular complexity index is 3610. The van der Waals surface area contributed by atoms with Gasteiger partial charge in [-0.05, 0) is 126 Å². The molecule has 0 aliphatic carbocycles. The number of hydrogen-bond acceptors (Lipinski definition) is 17. The molecule has 0 radical (unpaired) electrons. The van der Waals surface area contributed by atoms with Gasteiger partial charge in [-0.2, -0.15) is 31.8 Å². The van der Waals surface area contributed by atoms with Crippen molar-refractivity contribution in [2.24, 2.45) is 0 Å². The highest BCUT2D eigenvalue weighted by atomic mass is 32.2. The number of alkyl carbamates (subject to hydrolysis) is 2. The van der Waals surface area contributed by atoms with Crippen molar-refractivity contribution in [3.8, 4) is 28.6 Å². The van der Waals surface area contributed by atoms with Gasteiger partial charge in [0, 0.05) is 83.4 Å². The fourth-order valence-electron chi connectivity index (χ4n) is 8.26. The topological polar surface area (TPSA) is 276 Å². The van der Waals surface area contributed by atoms with Gasteiger partial charge < -0.3 is 53.0 Å². The largest absolute Gasteiger partial charge is 0.534 e. The molecule has 9 rings (SSSR count). The number of ether oxygens (including phenoxy) is 4. The molecule has 8 aromatic heterocycles. The summed E-state index contributed by atoms with van der Waals surface area (Å²) in [4.78, 5) is 46.1. The number of nitrogens with one attached hydrogen (secondary N) is 4. The third-order valence-electron chi connectivity index (χ3n) is 13.1. The van der Waals surface area contributed by atoms with Crippen LogP contribution in [-0.4, -0.2) is 132 Å². The second kappa shape index (κ2) is 26.9. The number of alkyl halides is 3. The Morgan fingerprint density at radius 1 is 0.631 bits per heavy atom. The summed E-state index contributed by atoms with van der Waals surface area (Å²) in [6.07, 6.45) is 18.8. The standard InChI is InChI=1S/C24H30N6O3.C19H34BN3O4.C12H8F3N3O4S.CH4/c1-24(2,3)33-23(31)25-8-6-5-7-9-30-15-16(12-28-30)20-11-18-19-10-17(32-4)13-27-22(19)29-21(18)14-26-20;1-17(2,3)25-16(24)21-11-9-8-10-12-23-14-15(13-22-23)20-26-18(4,5)19(6,7)27-20;1-21-6-2-8-7-3-10(22-23(19,20)12(13,14)15)16-5-9(7)18-11(8)17-4-6;/h10-15H,5-9H2,1-4H3,(H,25,31)(H,27,29);13-14H,8-12H2,1-7H3,(H,21,24);2-5H,1H3,(H,17,18);1H4. The molecule has 1 saturated heterocycles. The summed E-state index contributed by atoms with van der Waals surface area (Å²) >= 11 is 0. The number of hydrogen-bond donors (Lipinski definition) is 4. The van der Waals surface area contributed by atoms with Gasteiger partial charge in [0.15, 0.2) is 0 Å². The van der Waals surface area contributed by atoms with Crippen LogP contribution in [0.3, 0.4) is 0 Å². The zero-order valence-corrected chi connectivity index (χ0v) is 49.5. The number of rotatable bonds is 18. The van der Waals surface area contributed by atoms with E-state index in [-0.39, 0.29) is 37.9 Å². The van der Waals surface area contributed by atoms with Crippen molar-refractivity contribution < 1.29 is 63.6 Å². The van der Waals surface area contributed by atoms with Gasteiger partial charge >= 0.3 is 34.9 Å². The molecule has 1 fully saturated rings. The van der Waals surface area contributed by atoms with E-state index in [1.807, 2.05) is 116 Å². The lowest BCUT2D eigenvalue weighted by Crippen LogP contribution is -2.41. The minimum atomic E-state index is -5.78. The summed E-state index contributed by atoms with van der Waals surface area (Å²) in [6, 6.07) is 6.72. The monoisotopic (exact) mass is 1190 g/mol. The van der Waals surface area contributed by atoms with Crippen molar-refractivity contribution >= 4 is 78.8 Å². The Kier molecular flexibility index (Phi) is 21.0. The average molecular weight is 1190 g/mol. The Morgan fingerprint density at radius 3 is 1.60 bits per heavy atom. The van der Waals surface area contributed by atoms with Crippen LogP contribution in [0.15, 0.2) is 73.8 Å². The van der Waals surface area contributed by atoms with Crippen LogP contribution in [0.2, 0.25) is 0 Å². The molecule has 4 N–H and O–H groups in total. The van der Waals surface area contributed by atoms with Gasteiger partial charge in [-0.3, -0.25) is 14.3 Å². The summed E-state index contributed by atoms with van der Waals surface area (Å²) < 4.78 is 99.9. The Morgan fingerprint density at radius 2 is 1.11 bits per heavy atom. The molecule has 8 aromatic rings. The number of pyridine rings is 4. The number of aromatic nitrogens is 10. The van der Waals surface area contributed by atoms with E-state index in [0.717, 1.165) is 108 Å². The third-order valence-corrected chi connectivity index (χ3v) is 14.1. The maximum absolute atomic E-state index is 12.4. The number of nitrogens with zero attached hydrogens (tertiary/aromatic N) is 8. The lowest BCUT2D eigenvalue weighted by molar-refractivity contribution is -0.0501. The van der Waals surface area contributed by atoms with E-state index in [4.69, 9.17) is 28.3 Å². The Balaban J connectivity index is 0.000000204. The van der Waals surface area contributed by atoms with Crippen LogP contribution in [0.25, 0.3) is 55.1 Å². The molecule has 2 amide bonds. The van der Waals surface area contributed by atoms with E-state index < -0.39 is 32.7 Å². The summed E-state index contributed by atoms with van der Waals surface area (Å²) in [7, 11) is -3.09. The summed E-state index contributed by atoms with van der Waals surface area (Å²) in [5, 5.41) is 17.4. The fourth-order valence-corrected chi connectivity index (χ4v) is 8.67. The molecule has 456 valence electrons. The van der Waals surface area contributed by atoms with Crippen molar-refractivity contribution in [1.29, 1.82) is 0 Å². The number of amides is 2. The molecule has 0 atom stereocenters. The number of carbonyl (C=O) groups is 2. The SMILES string of the molecule is C.CC(C)(C)OC(=O)NCCCCCn1cc(B2OC(C)(C)C(C)(C)O2)cn1.COc1cnc2[nH]c3cnc(-c4cnn(CCCCCNC(=O)OC(C)(C)C)c4)cc3c2c1.COc1cnc2[nH]c3cnc(OS(=O)(=O)C(F)(F)F)cc3c2c1. The van der Waals surface area contributed by atoms with Crippen LogP contribution in [0.4, 0.5) is 22.8 Å². The molecule has 84 heavy (non-hydrogen) atoms. The van der Waals surface area contributed by atoms with Crippen molar-refractivity contribution in [2.45, 2.75) is 156 Å². The van der Waals surface area contributed by atoms with Crippen LogP contribution >= 0.6 is 0 Å². The summed E-state index contributed by atoms with van der Waals surface area (Å²) in [6.45, 7) is 22.2. The van der Waals surface area contributed by atoms with Crippen LogP contribution in [-0.2, 0) is 42.0 Å². The minimum absolute atomic E-state index is 0. The van der Waals surface area contributed by atoms with Crippen molar-refractivity contribution in [3.63, 3.8) is 0 Å². The van der Waals surface area contributed by atoms with E-state index in [9.17, 15) is 31.2 Å². The highest BCUT2D eigenvalue weighted by Crippen LogP contribution is 2.37. The molecule has 0 unspecified atom stereocenters. The molecule has 0 spiro atoms. The van der Waals surface area contributed by atoms with Crippen molar-refractivity contribution in [1.82, 2.24) is 60.1 Å². The van der Waals surface area contributed by atoms with E-state index in [2.05, 4.69) is 61.0 Å². The maximum Gasteiger partial charge on any atom is 0.534 e. The number of methoxy groups -OCH3 is 2. The van der Waals surface area contributed by atoms with Crippen LogP contribution < -0.4 is 29.8 Å². The first-order valence-electron chi connectivity index (χ1n) is 26.9. The molecule has 9 heterocycles. The molecule has 0 aromatic carbocycles. The Labute approximate surface area is 486 Å². The first-order valence-corrected chi connectivity index (χ1v) is 28.3. The van der Waals surface area contributed by atoms with Crippen molar-refractivity contribution in [2.75, 3.05) is 27.3 Å². The highest BCUT2D eigenvalue weighted by Gasteiger charge is 2.52. The first-order chi connectivity index (χ1) is 38.9. The van der Waals surface area contributed by atoms with Crippen molar-refractivity contribution in [3.05, 3.63) is 73.8 Å². The molecular weight excluding hydrogens is 1120 g/mol. The molecule has 1 aliphatic rings.